The molecule has 1 unspecified atom stereocenters. The molecule has 0 radical (unpaired) electrons. The van der Waals surface area contributed by atoms with Gasteiger partial charge in [0.2, 0.25) is 0 Å². The fourth-order valence-electron chi connectivity index (χ4n) is 1.34. The van der Waals surface area contributed by atoms with E-state index in [2.05, 4.69) is 26.3 Å². The quantitative estimate of drug-likeness (QED) is 0.636. The normalized spacial score (nSPS) is 11.6. The van der Waals surface area contributed by atoms with Gasteiger partial charge < -0.3 is 27.4 Å². The fourth-order valence-corrected chi connectivity index (χ4v) is 1.34. The van der Waals surface area contributed by atoms with Gasteiger partial charge >= 0.3 is 6.09 Å². The van der Waals surface area contributed by atoms with Crippen molar-refractivity contribution in [1.82, 2.24) is 5.32 Å². The van der Waals surface area contributed by atoms with Gasteiger partial charge in [-0.1, -0.05) is 12.1 Å². The number of carbonyl (C=O) groups is 1. The van der Waals surface area contributed by atoms with Gasteiger partial charge in [0, 0.05) is 12.6 Å². The zero-order valence-electron chi connectivity index (χ0n) is 10.6. The van der Waals surface area contributed by atoms with Gasteiger partial charge in [-0.3, -0.25) is 0 Å². The third-order valence-electron chi connectivity index (χ3n) is 2.64. The molecule has 1 aromatic rings. The third-order valence-corrected chi connectivity index (χ3v) is 2.64. The smallest absolute Gasteiger partial charge is 0.412 e. The maximum absolute atomic E-state index is 11.1. The molecule has 0 heterocycles. The number of rotatable bonds is 3. The van der Waals surface area contributed by atoms with E-state index in [1.54, 1.807) is 13.1 Å². The van der Waals surface area contributed by atoms with Gasteiger partial charge in [0.05, 0.1) is 14.1 Å². The number of ether oxygens (including phenoxy) is 1. The first-order valence-electron chi connectivity index (χ1n) is 5.34. The highest BCUT2D eigenvalue weighted by Crippen LogP contribution is 2.17. The van der Waals surface area contributed by atoms with Crippen molar-refractivity contribution in [2.45, 2.75) is 13.0 Å². The van der Waals surface area contributed by atoms with Crippen molar-refractivity contribution in [3.8, 4) is 5.75 Å². The van der Waals surface area contributed by atoms with Gasteiger partial charge in [-0.2, -0.15) is 0 Å². The second-order valence-corrected chi connectivity index (χ2v) is 4.01. The Morgan fingerprint density at radius 2 is 2.06 bits per heavy atom. The highest BCUT2D eigenvalue weighted by Gasteiger charge is 2.12. The molecule has 0 aliphatic carbocycles. The molecule has 5 heteroatoms. The largest absolute Gasteiger partial charge is 1.00 e. The van der Waals surface area contributed by atoms with E-state index < -0.39 is 6.09 Å². The highest BCUT2D eigenvalue weighted by atomic mass is 35.5. The first kappa shape index (κ1) is 15.7. The Morgan fingerprint density at radius 1 is 1.41 bits per heavy atom. The average Bonchev–Trinajstić information content (AvgIpc) is 2.28. The molecule has 0 saturated heterocycles. The zero-order valence-corrected chi connectivity index (χ0v) is 11.3. The van der Waals surface area contributed by atoms with Crippen molar-refractivity contribution in [2.24, 2.45) is 0 Å². The van der Waals surface area contributed by atoms with Crippen molar-refractivity contribution < 1.29 is 26.8 Å². The number of hydrogen-bond donors (Lipinski definition) is 2. The van der Waals surface area contributed by atoms with Crippen LogP contribution in [0.25, 0.3) is 0 Å². The van der Waals surface area contributed by atoms with Crippen LogP contribution in [-0.4, -0.2) is 27.2 Å². The maximum Gasteiger partial charge on any atom is 0.412 e. The van der Waals surface area contributed by atoms with E-state index >= 15 is 0 Å². The predicted octanol–water partition coefficient (Wildman–Crippen LogP) is -2.39. The topological polar surface area (TPSA) is 42.8 Å². The van der Waals surface area contributed by atoms with Crippen molar-refractivity contribution in [2.75, 3.05) is 21.1 Å². The first-order valence-corrected chi connectivity index (χ1v) is 5.34. The minimum Gasteiger partial charge on any atom is -1.00 e. The molecule has 96 valence electrons. The summed E-state index contributed by atoms with van der Waals surface area (Å²) in [7, 11) is 5.73. The lowest BCUT2D eigenvalue weighted by molar-refractivity contribution is -0.890. The Labute approximate surface area is 108 Å². The monoisotopic (exact) mass is 258 g/mol. The summed E-state index contributed by atoms with van der Waals surface area (Å²) in [5.41, 5.74) is 1.15. The molecule has 17 heavy (non-hydrogen) atoms. The molecule has 1 amide bonds. The van der Waals surface area contributed by atoms with E-state index in [-0.39, 0.29) is 12.4 Å². The van der Waals surface area contributed by atoms with E-state index in [9.17, 15) is 4.79 Å². The lowest BCUT2D eigenvalue weighted by Crippen LogP contribution is -3.05. The summed E-state index contributed by atoms with van der Waals surface area (Å²) in [4.78, 5) is 12.4. The van der Waals surface area contributed by atoms with E-state index in [1.807, 2.05) is 18.2 Å². The van der Waals surface area contributed by atoms with E-state index in [0.717, 1.165) is 5.56 Å². The first-order chi connectivity index (χ1) is 7.54. The van der Waals surface area contributed by atoms with Gasteiger partial charge in [-0.05, 0) is 19.1 Å². The molecule has 4 nitrogen and oxygen atoms in total. The molecule has 0 fully saturated rings. The second-order valence-electron chi connectivity index (χ2n) is 4.01. The number of halogens is 1. The Hall–Kier alpha value is -1.26. The van der Waals surface area contributed by atoms with Gasteiger partial charge in [0.15, 0.2) is 0 Å². The van der Waals surface area contributed by atoms with Crippen LogP contribution in [0.4, 0.5) is 4.79 Å². The minimum atomic E-state index is -0.443. The van der Waals surface area contributed by atoms with Crippen LogP contribution in [-0.2, 0) is 0 Å². The molecular formula is C12H19ClN2O2. The summed E-state index contributed by atoms with van der Waals surface area (Å²) < 4.78 is 5.07. The van der Waals surface area contributed by atoms with Crippen LogP contribution < -0.4 is 27.4 Å². The van der Waals surface area contributed by atoms with Crippen LogP contribution in [0.5, 0.6) is 5.75 Å². The van der Waals surface area contributed by atoms with Gasteiger partial charge in [-0.25, -0.2) is 4.79 Å². The van der Waals surface area contributed by atoms with Gasteiger partial charge in [0.25, 0.3) is 0 Å². The Balaban J connectivity index is 0.00000256. The number of benzene rings is 1. The highest BCUT2D eigenvalue weighted by molar-refractivity contribution is 5.69. The number of amides is 1. The molecular weight excluding hydrogens is 240 g/mol. The molecule has 0 aliphatic rings. The molecule has 2 N–H and O–H groups in total. The summed E-state index contributed by atoms with van der Waals surface area (Å²) in [6.07, 6.45) is -0.443. The number of nitrogens with one attached hydrogen (secondary N) is 2. The van der Waals surface area contributed by atoms with Crippen LogP contribution in [0.3, 0.4) is 0 Å². The van der Waals surface area contributed by atoms with Crippen LogP contribution in [0, 0.1) is 0 Å². The number of quaternary nitrogens is 1. The van der Waals surface area contributed by atoms with Gasteiger partial charge in [0.1, 0.15) is 11.8 Å². The lowest BCUT2D eigenvalue weighted by atomic mass is 10.1. The van der Waals surface area contributed by atoms with Crippen LogP contribution in [0.15, 0.2) is 24.3 Å². The van der Waals surface area contributed by atoms with E-state index in [4.69, 9.17) is 4.74 Å². The van der Waals surface area contributed by atoms with Crippen molar-refractivity contribution in [3.05, 3.63) is 29.8 Å². The van der Waals surface area contributed by atoms with Crippen LogP contribution in [0.2, 0.25) is 0 Å². The fraction of sp³-hybridized carbons (Fsp3) is 0.417. The summed E-state index contributed by atoms with van der Waals surface area (Å²) in [6.45, 7) is 2.13. The molecule has 0 spiro atoms. The Bertz CT molecular complexity index is 369. The van der Waals surface area contributed by atoms with Crippen LogP contribution in [0.1, 0.15) is 18.5 Å². The predicted molar refractivity (Wildman–Crippen MR) is 62.8 cm³/mol. The molecule has 1 aromatic carbocycles. The van der Waals surface area contributed by atoms with E-state index in [0.29, 0.717) is 11.8 Å². The standard InChI is InChI=1S/C12H18N2O2.ClH/c1-9(14(3)4)10-6-5-7-11(8-10)16-12(15)13-2;/h5-9H,1-4H3,(H,13,15);1H. The summed E-state index contributed by atoms with van der Waals surface area (Å²) in [5, 5.41) is 2.42. The lowest BCUT2D eigenvalue weighted by Gasteiger charge is -2.17. The zero-order chi connectivity index (χ0) is 12.1. The summed E-state index contributed by atoms with van der Waals surface area (Å²) >= 11 is 0. The van der Waals surface area contributed by atoms with Gasteiger partial charge in [-0.15, -0.1) is 0 Å². The van der Waals surface area contributed by atoms with Crippen molar-refractivity contribution >= 4 is 6.09 Å². The Kier molecular flexibility index (Phi) is 6.61. The van der Waals surface area contributed by atoms with Crippen LogP contribution >= 0.6 is 0 Å². The van der Waals surface area contributed by atoms with Crippen molar-refractivity contribution in [1.29, 1.82) is 0 Å². The van der Waals surface area contributed by atoms with Crippen molar-refractivity contribution in [3.63, 3.8) is 0 Å². The maximum atomic E-state index is 11.1. The second kappa shape index (κ2) is 7.14. The number of carbonyl (C=O) groups excluding carboxylic acids is 1. The summed E-state index contributed by atoms with van der Waals surface area (Å²) in [5.74, 6) is 0.574. The number of hydrogen-bond acceptors (Lipinski definition) is 2. The third kappa shape index (κ3) is 4.63. The molecule has 0 bridgehead atoms. The van der Waals surface area contributed by atoms with E-state index in [1.165, 1.54) is 4.90 Å². The SMILES string of the molecule is CNC(=O)Oc1cccc(C(C)[NH+](C)C)c1.[Cl-]. The molecule has 1 atom stereocenters. The minimum absolute atomic E-state index is 0. The average molecular weight is 259 g/mol. The molecule has 0 aliphatic heterocycles. The molecule has 1 rings (SSSR count). The Morgan fingerprint density at radius 3 is 2.59 bits per heavy atom. The summed E-state index contributed by atoms with van der Waals surface area (Å²) in [6, 6.07) is 7.97. The molecule has 0 saturated carbocycles. The molecule has 0 aromatic heterocycles.